The summed E-state index contributed by atoms with van der Waals surface area (Å²) in [5.41, 5.74) is 0.521. The highest BCUT2D eigenvalue weighted by atomic mass is 35.5. The fourth-order valence-electron chi connectivity index (χ4n) is 2.31. The van der Waals surface area contributed by atoms with Crippen molar-refractivity contribution in [1.82, 2.24) is 0 Å². The van der Waals surface area contributed by atoms with Crippen LogP contribution in [0.15, 0.2) is 66.7 Å². The third-order valence-electron chi connectivity index (χ3n) is 3.71. The predicted octanol–water partition coefficient (Wildman–Crippen LogP) is 5.12. The van der Waals surface area contributed by atoms with Crippen LogP contribution in [0.4, 0.5) is 20.2 Å². The quantitative estimate of drug-likeness (QED) is 0.653. The second-order valence-corrected chi connectivity index (χ2v) is 6.03. The van der Waals surface area contributed by atoms with Crippen LogP contribution in [-0.4, -0.2) is 11.8 Å². The minimum Gasteiger partial charge on any atom is -0.322 e. The molecule has 0 heterocycles. The van der Waals surface area contributed by atoms with Gasteiger partial charge in [0.1, 0.15) is 17.3 Å². The molecular weight excluding hydrogens is 374 g/mol. The van der Waals surface area contributed by atoms with E-state index in [1.807, 2.05) is 0 Å². The van der Waals surface area contributed by atoms with E-state index in [0.29, 0.717) is 16.3 Å². The number of nitrogens with one attached hydrogen (secondary N) is 2. The molecule has 0 saturated heterocycles. The summed E-state index contributed by atoms with van der Waals surface area (Å²) in [5.74, 6) is -2.81. The van der Waals surface area contributed by atoms with Gasteiger partial charge in [0.15, 0.2) is 0 Å². The average molecular weight is 387 g/mol. The van der Waals surface area contributed by atoms with Crippen molar-refractivity contribution in [3.05, 3.63) is 94.5 Å². The van der Waals surface area contributed by atoms with Gasteiger partial charge in [0, 0.05) is 21.8 Å². The van der Waals surface area contributed by atoms with Crippen LogP contribution in [0.2, 0.25) is 5.02 Å². The monoisotopic (exact) mass is 386 g/mol. The number of halogens is 3. The number of hydrogen-bond donors (Lipinski definition) is 2. The Kier molecular flexibility index (Phi) is 5.47. The van der Waals surface area contributed by atoms with Gasteiger partial charge in [0.05, 0.1) is 0 Å². The summed E-state index contributed by atoms with van der Waals surface area (Å²) in [6.07, 6.45) is 0. The van der Waals surface area contributed by atoms with Crippen LogP contribution in [0, 0.1) is 11.6 Å². The highest BCUT2D eigenvalue weighted by Crippen LogP contribution is 2.19. The van der Waals surface area contributed by atoms with Crippen LogP contribution >= 0.6 is 11.6 Å². The number of rotatable bonds is 4. The number of amides is 2. The minimum atomic E-state index is -0.873. The summed E-state index contributed by atoms with van der Waals surface area (Å²) in [6, 6.07) is 15.6. The largest absolute Gasteiger partial charge is 0.322 e. The average Bonchev–Trinajstić information content (AvgIpc) is 2.66. The first kappa shape index (κ1) is 18.5. The second kappa shape index (κ2) is 7.97. The summed E-state index contributed by atoms with van der Waals surface area (Å²) in [5, 5.41) is 5.43. The molecule has 2 N–H and O–H groups in total. The predicted molar refractivity (Wildman–Crippen MR) is 100 cm³/mol. The molecule has 0 aromatic heterocycles. The highest BCUT2D eigenvalue weighted by molar-refractivity contribution is 6.30. The van der Waals surface area contributed by atoms with Crippen molar-refractivity contribution in [2.45, 2.75) is 0 Å². The molecule has 7 heteroatoms. The molecule has 4 nitrogen and oxygen atoms in total. The molecule has 0 aliphatic carbocycles. The highest BCUT2D eigenvalue weighted by Gasteiger charge is 2.14. The first-order valence-corrected chi connectivity index (χ1v) is 8.24. The van der Waals surface area contributed by atoms with E-state index >= 15 is 0 Å². The van der Waals surface area contributed by atoms with Crippen molar-refractivity contribution >= 4 is 34.8 Å². The Morgan fingerprint density at radius 2 is 1.19 bits per heavy atom. The summed E-state index contributed by atoms with van der Waals surface area (Å²) < 4.78 is 27.2. The smallest absolute Gasteiger partial charge is 0.255 e. The van der Waals surface area contributed by atoms with Crippen LogP contribution in [0.1, 0.15) is 20.7 Å². The van der Waals surface area contributed by atoms with Crippen molar-refractivity contribution in [2.75, 3.05) is 10.6 Å². The fraction of sp³-hybridized carbons (Fsp3) is 0. The Balaban J connectivity index is 1.70. The molecule has 3 aromatic carbocycles. The molecule has 0 aliphatic rings. The Morgan fingerprint density at radius 3 is 1.70 bits per heavy atom. The zero-order valence-electron chi connectivity index (χ0n) is 13.8. The van der Waals surface area contributed by atoms with Crippen molar-refractivity contribution in [3.63, 3.8) is 0 Å². The Labute approximate surface area is 158 Å². The maximum absolute atomic E-state index is 13.6. The summed E-state index contributed by atoms with van der Waals surface area (Å²) in [6.45, 7) is 0. The maximum Gasteiger partial charge on any atom is 0.255 e. The molecule has 0 atom stereocenters. The molecule has 0 unspecified atom stereocenters. The van der Waals surface area contributed by atoms with E-state index < -0.39 is 23.2 Å². The molecule has 0 aliphatic heterocycles. The fourth-order valence-corrected chi connectivity index (χ4v) is 2.44. The molecule has 0 saturated carbocycles. The third-order valence-corrected chi connectivity index (χ3v) is 3.96. The standard InChI is InChI=1S/C20H13ClF2N2O2/c21-14-8-10-15(11-9-14)24-19(26)12-4-6-13(7-5-12)20(27)25-18-16(22)2-1-3-17(18)23/h1-11H,(H,24,26)(H,25,27). The van der Waals surface area contributed by atoms with Crippen molar-refractivity contribution in [3.8, 4) is 0 Å². The van der Waals surface area contributed by atoms with Gasteiger partial charge in [0.2, 0.25) is 0 Å². The van der Waals surface area contributed by atoms with E-state index in [1.165, 1.54) is 30.3 Å². The number of hydrogen-bond acceptors (Lipinski definition) is 2. The second-order valence-electron chi connectivity index (χ2n) is 5.59. The first-order chi connectivity index (χ1) is 12.9. The van der Waals surface area contributed by atoms with E-state index in [0.717, 1.165) is 12.1 Å². The molecular formula is C20H13ClF2N2O2. The van der Waals surface area contributed by atoms with Crippen LogP contribution < -0.4 is 10.6 Å². The van der Waals surface area contributed by atoms with Gasteiger partial charge in [-0.15, -0.1) is 0 Å². The molecule has 0 fully saturated rings. The lowest BCUT2D eigenvalue weighted by Gasteiger charge is -2.09. The summed E-state index contributed by atoms with van der Waals surface area (Å²) in [4.78, 5) is 24.4. The molecule has 0 bridgehead atoms. The lowest BCUT2D eigenvalue weighted by Crippen LogP contribution is -2.15. The Bertz CT molecular complexity index is 970. The molecule has 2 amide bonds. The van der Waals surface area contributed by atoms with E-state index in [9.17, 15) is 18.4 Å². The van der Waals surface area contributed by atoms with Crippen molar-refractivity contribution in [2.24, 2.45) is 0 Å². The van der Waals surface area contributed by atoms with E-state index in [1.54, 1.807) is 24.3 Å². The van der Waals surface area contributed by atoms with E-state index in [2.05, 4.69) is 10.6 Å². The molecule has 27 heavy (non-hydrogen) atoms. The third kappa shape index (κ3) is 4.48. The molecule has 3 aromatic rings. The summed E-state index contributed by atoms with van der Waals surface area (Å²) in [7, 11) is 0. The lowest BCUT2D eigenvalue weighted by molar-refractivity contribution is 0.101. The minimum absolute atomic E-state index is 0.153. The molecule has 0 radical (unpaired) electrons. The van der Waals surface area contributed by atoms with E-state index in [4.69, 9.17) is 11.6 Å². The number of anilines is 2. The normalized spacial score (nSPS) is 10.3. The zero-order valence-corrected chi connectivity index (χ0v) is 14.6. The van der Waals surface area contributed by atoms with Crippen LogP contribution in [0.3, 0.4) is 0 Å². The zero-order chi connectivity index (χ0) is 19.4. The van der Waals surface area contributed by atoms with Gasteiger partial charge >= 0.3 is 0 Å². The van der Waals surface area contributed by atoms with Gasteiger partial charge in [-0.2, -0.15) is 0 Å². The number of carbonyl (C=O) groups excluding carboxylic acids is 2. The van der Waals surface area contributed by atoms with Crippen LogP contribution in [0.5, 0.6) is 0 Å². The van der Waals surface area contributed by atoms with Crippen LogP contribution in [-0.2, 0) is 0 Å². The van der Waals surface area contributed by atoms with Gasteiger partial charge in [-0.05, 0) is 60.7 Å². The van der Waals surface area contributed by atoms with Gasteiger partial charge in [-0.3, -0.25) is 9.59 Å². The van der Waals surface area contributed by atoms with Crippen molar-refractivity contribution < 1.29 is 18.4 Å². The molecule has 3 rings (SSSR count). The first-order valence-electron chi connectivity index (χ1n) is 7.86. The van der Waals surface area contributed by atoms with E-state index in [-0.39, 0.29) is 11.5 Å². The lowest BCUT2D eigenvalue weighted by atomic mass is 10.1. The maximum atomic E-state index is 13.6. The number of para-hydroxylation sites is 1. The SMILES string of the molecule is O=C(Nc1ccc(Cl)cc1)c1ccc(C(=O)Nc2c(F)cccc2F)cc1. The van der Waals surface area contributed by atoms with Gasteiger partial charge in [-0.25, -0.2) is 8.78 Å². The molecule has 136 valence electrons. The Morgan fingerprint density at radius 1 is 0.704 bits per heavy atom. The number of benzene rings is 3. The van der Waals surface area contributed by atoms with Gasteiger partial charge in [-0.1, -0.05) is 17.7 Å². The van der Waals surface area contributed by atoms with Crippen LogP contribution in [0.25, 0.3) is 0 Å². The molecule has 0 spiro atoms. The van der Waals surface area contributed by atoms with Gasteiger partial charge < -0.3 is 10.6 Å². The summed E-state index contributed by atoms with van der Waals surface area (Å²) >= 11 is 5.79. The topological polar surface area (TPSA) is 58.2 Å². The Hall–Kier alpha value is -3.25. The van der Waals surface area contributed by atoms with Crippen molar-refractivity contribution in [1.29, 1.82) is 0 Å². The van der Waals surface area contributed by atoms with Gasteiger partial charge in [0.25, 0.3) is 11.8 Å². The number of carbonyl (C=O) groups is 2.